The lowest BCUT2D eigenvalue weighted by molar-refractivity contribution is 0.100. The van der Waals surface area contributed by atoms with Crippen molar-refractivity contribution in [1.82, 2.24) is 20.0 Å². The Balaban J connectivity index is 1.65. The summed E-state index contributed by atoms with van der Waals surface area (Å²) in [7, 11) is 0. The lowest BCUT2D eigenvalue weighted by atomic mass is 10.1. The van der Waals surface area contributed by atoms with Gasteiger partial charge in [0.05, 0.1) is 5.69 Å². The lowest BCUT2D eigenvalue weighted by Gasteiger charge is -2.13. The second kappa shape index (κ2) is 6.88. The van der Waals surface area contributed by atoms with Crippen molar-refractivity contribution in [3.63, 3.8) is 0 Å². The van der Waals surface area contributed by atoms with E-state index in [2.05, 4.69) is 21.3 Å². The van der Waals surface area contributed by atoms with E-state index in [0.717, 1.165) is 18.4 Å². The molecule has 8 heteroatoms. The Bertz CT molecular complexity index is 1040. The minimum Gasteiger partial charge on any atom is -0.366 e. The largest absolute Gasteiger partial charge is 0.366 e. The number of pyridine rings is 1. The van der Waals surface area contributed by atoms with Crippen molar-refractivity contribution < 1.29 is 9.32 Å². The Morgan fingerprint density at radius 1 is 1.30 bits per heavy atom. The Hall–Kier alpha value is -3.73. The second-order valence-electron chi connectivity index (χ2n) is 6.28. The van der Waals surface area contributed by atoms with Gasteiger partial charge < -0.3 is 10.3 Å². The molecule has 0 radical (unpaired) electrons. The van der Waals surface area contributed by atoms with Gasteiger partial charge in [-0.05, 0) is 37.1 Å². The van der Waals surface area contributed by atoms with Crippen molar-refractivity contribution in [2.45, 2.75) is 18.9 Å². The van der Waals surface area contributed by atoms with Gasteiger partial charge in [-0.25, -0.2) is 0 Å². The normalized spacial score (nSPS) is 16.3. The molecule has 1 fully saturated rings. The molecule has 3 heterocycles. The molecule has 27 heavy (non-hydrogen) atoms. The third-order valence-corrected chi connectivity index (χ3v) is 4.57. The number of rotatable bonds is 4. The predicted molar refractivity (Wildman–Crippen MR) is 95.8 cm³/mol. The molecular formula is C19H16N6O2. The predicted octanol–water partition coefficient (Wildman–Crippen LogP) is 2.52. The van der Waals surface area contributed by atoms with E-state index in [1.54, 1.807) is 35.4 Å². The highest BCUT2D eigenvalue weighted by molar-refractivity contribution is 5.94. The Kier molecular flexibility index (Phi) is 4.26. The number of hydrogen-bond donors (Lipinski definition) is 1. The number of nitriles is 1. The summed E-state index contributed by atoms with van der Waals surface area (Å²) in [6.45, 7) is 0.709. The summed E-state index contributed by atoms with van der Waals surface area (Å²) in [5.74, 6) is 0.385. The van der Waals surface area contributed by atoms with Crippen molar-refractivity contribution in [3.8, 4) is 28.9 Å². The van der Waals surface area contributed by atoms with E-state index in [-0.39, 0.29) is 6.04 Å². The molecule has 4 rings (SSSR count). The second-order valence-corrected chi connectivity index (χ2v) is 6.28. The number of carbonyl (C=O) groups is 1. The van der Waals surface area contributed by atoms with Gasteiger partial charge in [0, 0.05) is 29.4 Å². The zero-order valence-electron chi connectivity index (χ0n) is 14.4. The molecule has 0 saturated carbocycles. The van der Waals surface area contributed by atoms with E-state index in [0.29, 0.717) is 35.1 Å². The van der Waals surface area contributed by atoms with Crippen LogP contribution in [0.1, 0.15) is 35.1 Å². The molecule has 3 aromatic rings. The fourth-order valence-electron chi connectivity index (χ4n) is 3.20. The summed E-state index contributed by atoms with van der Waals surface area (Å²) in [6, 6.07) is 10.4. The zero-order chi connectivity index (χ0) is 18.8. The van der Waals surface area contributed by atoms with Gasteiger partial charge in [-0.2, -0.15) is 10.2 Å². The molecule has 1 aromatic carbocycles. The first-order valence-electron chi connectivity index (χ1n) is 8.52. The summed E-state index contributed by atoms with van der Waals surface area (Å²) in [6.07, 6.45) is 5.57. The van der Waals surface area contributed by atoms with Crippen molar-refractivity contribution >= 4 is 5.91 Å². The third kappa shape index (κ3) is 3.22. The number of amides is 1. The standard InChI is InChI=1S/C19H16N6O2/c20-11-25-8-2-5-16(25)18-23-19(27-24-18)14-6-7-22-15(10-14)12-3-1-4-13(9-12)17(21)26/h1,3-4,6-7,9-10,16H,2,5,8H2,(H2,21,26). The van der Waals surface area contributed by atoms with E-state index < -0.39 is 5.91 Å². The number of likely N-dealkylation sites (tertiary alicyclic amines) is 1. The summed E-state index contributed by atoms with van der Waals surface area (Å²) >= 11 is 0. The Morgan fingerprint density at radius 2 is 2.19 bits per heavy atom. The minimum absolute atomic E-state index is 0.138. The van der Waals surface area contributed by atoms with Crippen LogP contribution in [0.3, 0.4) is 0 Å². The zero-order valence-corrected chi connectivity index (χ0v) is 14.4. The maximum absolute atomic E-state index is 11.4. The summed E-state index contributed by atoms with van der Waals surface area (Å²) < 4.78 is 5.41. The first-order valence-corrected chi connectivity index (χ1v) is 8.52. The molecule has 134 valence electrons. The molecule has 0 bridgehead atoms. The number of nitrogens with zero attached hydrogens (tertiary/aromatic N) is 5. The highest BCUT2D eigenvalue weighted by Crippen LogP contribution is 2.31. The molecule has 1 amide bonds. The van der Waals surface area contributed by atoms with E-state index in [4.69, 9.17) is 10.3 Å². The van der Waals surface area contributed by atoms with Crippen molar-refractivity contribution in [1.29, 1.82) is 5.26 Å². The van der Waals surface area contributed by atoms with Gasteiger partial charge in [0.2, 0.25) is 5.91 Å². The van der Waals surface area contributed by atoms with Crippen molar-refractivity contribution in [3.05, 3.63) is 54.0 Å². The fraction of sp³-hybridized carbons (Fsp3) is 0.211. The highest BCUT2D eigenvalue weighted by Gasteiger charge is 2.29. The molecular weight excluding hydrogens is 344 g/mol. The third-order valence-electron chi connectivity index (χ3n) is 4.57. The van der Waals surface area contributed by atoms with Crippen LogP contribution >= 0.6 is 0 Å². The SMILES string of the molecule is N#CN1CCCC1c1noc(-c2ccnc(-c3cccc(C(N)=O)c3)c2)n1. The van der Waals surface area contributed by atoms with Crippen molar-refractivity contribution in [2.75, 3.05) is 6.54 Å². The number of aromatic nitrogens is 3. The van der Waals surface area contributed by atoms with Gasteiger partial charge in [0.15, 0.2) is 12.0 Å². The molecule has 1 unspecified atom stereocenters. The molecule has 0 aliphatic carbocycles. The average Bonchev–Trinajstić information content (AvgIpc) is 3.37. The van der Waals surface area contributed by atoms with Gasteiger partial charge >= 0.3 is 0 Å². The van der Waals surface area contributed by atoms with E-state index in [9.17, 15) is 10.1 Å². The number of primary amides is 1. The van der Waals surface area contributed by atoms with Gasteiger partial charge in [-0.3, -0.25) is 14.7 Å². The molecule has 8 nitrogen and oxygen atoms in total. The molecule has 1 aliphatic heterocycles. The maximum Gasteiger partial charge on any atom is 0.258 e. The number of nitrogens with two attached hydrogens (primary N) is 1. The van der Waals surface area contributed by atoms with Crippen LogP contribution in [0.2, 0.25) is 0 Å². The maximum atomic E-state index is 11.4. The van der Waals surface area contributed by atoms with Crippen LogP contribution in [0, 0.1) is 11.5 Å². The number of benzene rings is 1. The van der Waals surface area contributed by atoms with Crippen LogP contribution in [-0.2, 0) is 0 Å². The van der Waals surface area contributed by atoms with Crippen LogP contribution in [0.5, 0.6) is 0 Å². The monoisotopic (exact) mass is 360 g/mol. The quantitative estimate of drug-likeness (QED) is 0.709. The van der Waals surface area contributed by atoms with Crippen LogP contribution in [0.25, 0.3) is 22.7 Å². The van der Waals surface area contributed by atoms with E-state index >= 15 is 0 Å². The molecule has 2 aromatic heterocycles. The Labute approximate surface area is 155 Å². The molecule has 1 aliphatic rings. The molecule has 2 N–H and O–H groups in total. The summed E-state index contributed by atoms with van der Waals surface area (Å²) in [5.41, 5.74) is 7.90. The first-order chi connectivity index (χ1) is 13.2. The average molecular weight is 360 g/mol. The minimum atomic E-state index is -0.492. The van der Waals surface area contributed by atoms with Crippen LogP contribution in [-0.4, -0.2) is 32.5 Å². The van der Waals surface area contributed by atoms with E-state index in [1.807, 2.05) is 12.1 Å². The summed E-state index contributed by atoms with van der Waals surface area (Å²) in [5, 5.41) is 13.2. The van der Waals surface area contributed by atoms with Gasteiger partial charge in [0.1, 0.15) is 6.04 Å². The fourth-order valence-corrected chi connectivity index (χ4v) is 3.20. The van der Waals surface area contributed by atoms with Crippen LogP contribution in [0.4, 0.5) is 0 Å². The van der Waals surface area contributed by atoms with Crippen LogP contribution < -0.4 is 5.73 Å². The molecule has 0 spiro atoms. The summed E-state index contributed by atoms with van der Waals surface area (Å²) in [4.78, 5) is 21.9. The number of carbonyl (C=O) groups excluding carboxylic acids is 1. The highest BCUT2D eigenvalue weighted by atomic mass is 16.5. The van der Waals surface area contributed by atoms with E-state index in [1.165, 1.54) is 0 Å². The van der Waals surface area contributed by atoms with Gasteiger partial charge in [-0.1, -0.05) is 17.3 Å². The van der Waals surface area contributed by atoms with Crippen molar-refractivity contribution in [2.24, 2.45) is 5.73 Å². The topological polar surface area (TPSA) is 122 Å². The lowest BCUT2D eigenvalue weighted by Crippen LogP contribution is -2.17. The first kappa shape index (κ1) is 16.7. The van der Waals surface area contributed by atoms with Gasteiger partial charge in [-0.15, -0.1) is 0 Å². The molecule has 1 saturated heterocycles. The number of hydrogen-bond acceptors (Lipinski definition) is 7. The Morgan fingerprint density at radius 3 is 3.00 bits per heavy atom. The smallest absolute Gasteiger partial charge is 0.258 e. The van der Waals surface area contributed by atoms with Gasteiger partial charge in [0.25, 0.3) is 5.89 Å². The molecule has 1 atom stereocenters. The van der Waals surface area contributed by atoms with Crippen LogP contribution in [0.15, 0.2) is 47.1 Å².